The van der Waals surface area contributed by atoms with Gasteiger partial charge < -0.3 is 0 Å². The highest BCUT2D eigenvalue weighted by molar-refractivity contribution is 7.89. The first-order valence-electron chi connectivity index (χ1n) is 5.98. The molecule has 0 fully saturated rings. The maximum absolute atomic E-state index is 13.6. The number of thiazole rings is 1. The fourth-order valence-electron chi connectivity index (χ4n) is 1.74. The van der Waals surface area contributed by atoms with Gasteiger partial charge in [0.1, 0.15) is 5.82 Å². The van der Waals surface area contributed by atoms with Crippen molar-refractivity contribution in [3.8, 4) is 0 Å². The predicted molar refractivity (Wildman–Crippen MR) is 79.2 cm³/mol. The normalized spacial score (nSPS) is 11.8. The van der Waals surface area contributed by atoms with Gasteiger partial charge in [-0.25, -0.2) is 17.8 Å². The summed E-state index contributed by atoms with van der Waals surface area (Å²) in [6.07, 6.45) is 0.768. The van der Waals surface area contributed by atoms with Crippen molar-refractivity contribution in [3.63, 3.8) is 0 Å². The zero-order chi connectivity index (χ0) is 14.8. The highest BCUT2D eigenvalue weighted by Gasteiger charge is 2.19. The van der Waals surface area contributed by atoms with E-state index in [1.54, 1.807) is 5.38 Å². The summed E-state index contributed by atoms with van der Waals surface area (Å²) >= 11 is 7.27. The molecule has 0 aliphatic heterocycles. The van der Waals surface area contributed by atoms with Gasteiger partial charge in [-0.15, -0.1) is 11.3 Å². The summed E-state index contributed by atoms with van der Waals surface area (Å²) in [4.78, 5) is 4.21. The van der Waals surface area contributed by atoms with Crippen molar-refractivity contribution in [1.82, 2.24) is 4.98 Å². The molecule has 0 spiro atoms. The number of aromatic nitrogens is 1. The standard InChI is InChI=1S/C13H13ClFNO2S2/c1-2-13-16-9(6-19-13)7-20(17,18)8-10-11(14)4-3-5-12(10)15/h3-6H,2,7-8H2,1H3. The van der Waals surface area contributed by atoms with Gasteiger partial charge in [-0.2, -0.15) is 0 Å². The van der Waals surface area contributed by atoms with Crippen LogP contribution < -0.4 is 0 Å². The molecule has 0 amide bonds. The molecule has 0 aliphatic carbocycles. The highest BCUT2D eigenvalue weighted by atomic mass is 35.5. The molecule has 2 rings (SSSR count). The van der Waals surface area contributed by atoms with E-state index >= 15 is 0 Å². The summed E-state index contributed by atoms with van der Waals surface area (Å²) in [6, 6.07) is 4.13. The van der Waals surface area contributed by atoms with Gasteiger partial charge in [-0.05, 0) is 18.6 Å². The second kappa shape index (κ2) is 6.20. The molecule has 0 unspecified atom stereocenters. The van der Waals surface area contributed by atoms with Gasteiger partial charge in [0.15, 0.2) is 9.84 Å². The fraction of sp³-hybridized carbons (Fsp3) is 0.308. The smallest absolute Gasteiger partial charge is 0.160 e. The van der Waals surface area contributed by atoms with Crippen molar-refractivity contribution in [1.29, 1.82) is 0 Å². The molecule has 7 heteroatoms. The predicted octanol–water partition coefficient (Wildman–Crippen LogP) is 3.61. The Kier molecular flexibility index (Phi) is 4.78. The van der Waals surface area contributed by atoms with E-state index in [4.69, 9.17) is 11.6 Å². The van der Waals surface area contributed by atoms with Crippen LogP contribution >= 0.6 is 22.9 Å². The zero-order valence-electron chi connectivity index (χ0n) is 10.8. The van der Waals surface area contributed by atoms with Crippen molar-refractivity contribution >= 4 is 32.8 Å². The Balaban J connectivity index is 2.19. The minimum atomic E-state index is -3.51. The summed E-state index contributed by atoms with van der Waals surface area (Å²) in [6.45, 7) is 1.95. The molecule has 20 heavy (non-hydrogen) atoms. The third-order valence-corrected chi connectivity index (χ3v) is 5.56. The van der Waals surface area contributed by atoms with Gasteiger partial charge in [-0.1, -0.05) is 24.6 Å². The quantitative estimate of drug-likeness (QED) is 0.839. The van der Waals surface area contributed by atoms with Crippen LogP contribution in [0.3, 0.4) is 0 Å². The lowest BCUT2D eigenvalue weighted by Gasteiger charge is -2.06. The van der Waals surface area contributed by atoms with Gasteiger partial charge in [0.05, 0.1) is 22.2 Å². The van der Waals surface area contributed by atoms with Crippen LogP contribution in [0.15, 0.2) is 23.6 Å². The largest absolute Gasteiger partial charge is 0.245 e. The third-order valence-electron chi connectivity index (χ3n) is 2.70. The molecule has 0 N–H and O–H groups in total. The van der Waals surface area contributed by atoms with E-state index in [0.717, 1.165) is 11.4 Å². The number of halogens is 2. The summed E-state index contributed by atoms with van der Waals surface area (Å²) < 4.78 is 37.8. The van der Waals surface area contributed by atoms with E-state index in [-0.39, 0.29) is 16.3 Å². The van der Waals surface area contributed by atoms with Crippen LogP contribution in [0.2, 0.25) is 5.02 Å². The van der Waals surface area contributed by atoms with Gasteiger partial charge in [0.2, 0.25) is 0 Å². The van der Waals surface area contributed by atoms with Gasteiger partial charge >= 0.3 is 0 Å². The average Bonchev–Trinajstić information content (AvgIpc) is 2.81. The van der Waals surface area contributed by atoms with E-state index in [2.05, 4.69) is 4.98 Å². The van der Waals surface area contributed by atoms with Gasteiger partial charge in [0.25, 0.3) is 0 Å². The second-order valence-corrected chi connectivity index (χ2v) is 7.73. The van der Waals surface area contributed by atoms with E-state index in [1.165, 1.54) is 29.5 Å². The summed E-state index contributed by atoms with van der Waals surface area (Å²) in [5.74, 6) is -1.22. The van der Waals surface area contributed by atoms with Crippen LogP contribution in [0.4, 0.5) is 4.39 Å². The van der Waals surface area contributed by atoms with Crippen molar-refractivity contribution in [2.45, 2.75) is 24.9 Å². The second-order valence-electron chi connectivity index (χ2n) is 4.32. The molecule has 2 aromatic rings. The number of aryl methyl sites for hydroxylation is 1. The van der Waals surface area contributed by atoms with Crippen LogP contribution in [0.25, 0.3) is 0 Å². The van der Waals surface area contributed by atoms with E-state index in [1.807, 2.05) is 6.92 Å². The molecule has 1 heterocycles. The Morgan fingerprint density at radius 3 is 2.70 bits per heavy atom. The van der Waals surface area contributed by atoms with E-state index in [0.29, 0.717) is 5.69 Å². The van der Waals surface area contributed by atoms with E-state index in [9.17, 15) is 12.8 Å². The maximum Gasteiger partial charge on any atom is 0.160 e. The Morgan fingerprint density at radius 2 is 2.10 bits per heavy atom. The molecule has 1 aromatic heterocycles. The van der Waals surface area contributed by atoms with Crippen LogP contribution in [-0.4, -0.2) is 13.4 Å². The van der Waals surface area contributed by atoms with Crippen molar-refractivity contribution in [3.05, 3.63) is 50.7 Å². The van der Waals surface area contributed by atoms with Gasteiger partial charge in [0, 0.05) is 16.0 Å². The summed E-state index contributed by atoms with van der Waals surface area (Å²) in [7, 11) is -3.51. The Labute approximate surface area is 126 Å². The minimum absolute atomic E-state index is 0.0140. The number of nitrogens with zero attached hydrogens (tertiary/aromatic N) is 1. The molecule has 3 nitrogen and oxygen atoms in total. The topological polar surface area (TPSA) is 47.0 Å². The molecule has 0 aliphatic rings. The number of hydrogen-bond donors (Lipinski definition) is 0. The molecule has 108 valence electrons. The maximum atomic E-state index is 13.6. The Morgan fingerprint density at radius 1 is 1.35 bits per heavy atom. The SMILES string of the molecule is CCc1nc(CS(=O)(=O)Cc2c(F)cccc2Cl)cs1. The number of rotatable bonds is 5. The number of sulfone groups is 1. The monoisotopic (exact) mass is 333 g/mol. The first kappa shape index (κ1) is 15.4. The molecular weight excluding hydrogens is 321 g/mol. The van der Waals surface area contributed by atoms with Gasteiger partial charge in [-0.3, -0.25) is 0 Å². The molecule has 0 saturated heterocycles. The molecule has 0 bridgehead atoms. The van der Waals surface area contributed by atoms with Crippen LogP contribution in [0.5, 0.6) is 0 Å². The molecule has 0 saturated carbocycles. The fourth-order valence-corrected chi connectivity index (χ4v) is 4.34. The summed E-state index contributed by atoms with van der Waals surface area (Å²) in [5.41, 5.74) is 0.513. The molecular formula is C13H13ClFNO2S2. The summed E-state index contributed by atoms with van der Waals surface area (Å²) in [5, 5.41) is 2.74. The average molecular weight is 334 g/mol. The van der Waals surface area contributed by atoms with Crippen LogP contribution in [0, 0.1) is 5.82 Å². The Hall–Kier alpha value is -0.980. The van der Waals surface area contributed by atoms with Crippen molar-refractivity contribution in [2.75, 3.05) is 0 Å². The minimum Gasteiger partial charge on any atom is -0.245 e. The highest BCUT2D eigenvalue weighted by Crippen LogP contribution is 2.23. The third kappa shape index (κ3) is 3.77. The molecule has 0 radical (unpaired) electrons. The lowest BCUT2D eigenvalue weighted by Crippen LogP contribution is -2.09. The van der Waals surface area contributed by atoms with E-state index < -0.39 is 21.4 Å². The first-order valence-corrected chi connectivity index (χ1v) is 9.06. The molecule has 0 atom stereocenters. The van der Waals surface area contributed by atoms with Crippen molar-refractivity contribution in [2.24, 2.45) is 0 Å². The number of hydrogen-bond acceptors (Lipinski definition) is 4. The lowest BCUT2D eigenvalue weighted by atomic mass is 10.2. The Bertz CT molecular complexity index is 693. The molecule has 1 aromatic carbocycles. The lowest BCUT2D eigenvalue weighted by molar-refractivity contribution is 0.586. The van der Waals surface area contributed by atoms with Crippen LogP contribution in [-0.2, 0) is 27.8 Å². The van der Waals surface area contributed by atoms with Crippen molar-refractivity contribution < 1.29 is 12.8 Å². The zero-order valence-corrected chi connectivity index (χ0v) is 13.2. The first-order chi connectivity index (χ1) is 9.41. The van der Waals surface area contributed by atoms with Crippen LogP contribution in [0.1, 0.15) is 23.2 Å². The number of benzene rings is 1.